The van der Waals surface area contributed by atoms with E-state index in [4.69, 9.17) is 0 Å². The Morgan fingerprint density at radius 3 is 2.80 bits per heavy atom. The fourth-order valence-electron chi connectivity index (χ4n) is 1.97. The fraction of sp³-hybridized carbons (Fsp3) is 1.00. The predicted molar refractivity (Wildman–Crippen MR) is 66.7 cm³/mol. The Hall–Kier alpha value is 0.0700. The molecule has 1 saturated heterocycles. The second kappa shape index (κ2) is 5.41. The molecule has 0 bridgehead atoms. The number of hydrogen-bond donors (Lipinski definition) is 1. The highest BCUT2D eigenvalue weighted by Gasteiger charge is 2.32. The lowest BCUT2D eigenvalue weighted by Crippen LogP contribution is -2.62. The first-order valence-electron chi connectivity index (χ1n) is 5.76. The summed E-state index contributed by atoms with van der Waals surface area (Å²) in [6.07, 6.45) is 2.93. The summed E-state index contributed by atoms with van der Waals surface area (Å²) in [6.45, 7) is 9.80. The SMILES string of the molecule is CCC1(C)CN(CCS(C)=O)C(C)CN1. The summed E-state index contributed by atoms with van der Waals surface area (Å²) in [5, 5.41) is 3.60. The molecule has 3 atom stereocenters. The Morgan fingerprint density at radius 2 is 2.27 bits per heavy atom. The number of hydrogen-bond acceptors (Lipinski definition) is 3. The molecule has 3 unspecified atom stereocenters. The Labute approximate surface area is 96.1 Å². The third-order valence-corrected chi connectivity index (χ3v) is 4.20. The monoisotopic (exact) mass is 232 g/mol. The van der Waals surface area contributed by atoms with Crippen LogP contribution in [0.3, 0.4) is 0 Å². The van der Waals surface area contributed by atoms with Crippen molar-refractivity contribution in [1.82, 2.24) is 10.2 Å². The van der Waals surface area contributed by atoms with Gasteiger partial charge in [0.15, 0.2) is 0 Å². The van der Waals surface area contributed by atoms with Gasteiger partial charge in [0.05, 0.1) is 0 Å². The van der Waals surface area contributed by atoms with Crippen molar-refractivity contribution in [1.29, 1.82) is 0 Å². The number of piperazine rings is 1. The van der Waals surface area contributed by atoms with Gasteiger partial charge in [0.25, 0.3) is 0 Å². The van der Waals surface area contributed by atoms with Gasteiger partial charge < -0.3 is 5.32 Å². The van der Waals surface area contributed by atoms with Crippen LogP contribution in [0.15, 0.2) is 0 Å². The lowest BCUT2D eigenvalue weighted by molar-refractivity contribution is 0.0995. The van der Waals surface area contributed by atoms with Crippen LogP contribution < -0.4 is 5.32 Å². The molecule has 1 aliphatic heterocycles. The summed E-state index contributed by atoms with van der Waals surface area (Å²) in [5.74, 6) is 0.796. The molecule has 1 N–H and O–H groups in total. The van der Waals surface area contributed by atoms with Crippen LogP contribution in [-0.2, 0) is 10.8 Å². The van der Waals surface area contributed by atoms with Gasteiger partial charge in [0.1, 0.15) is 0 Å². The molecule has 0 aliphatic carbocycles. The predicted octanol–water partition coefficient (Wildman–Crippen LogP) is 0.827. The molecular formula is C11H24N2OS. The van der Waals surface area contributed by atoms with Gasteiger partial charge in [-0.1, -0.05) is 6.92 Å². The van der Waals surface area contributed by atoms with Gasteiger partial charge in [-0.3, -0.25) is 9.11 Å². The summed E-state index contributed by atoms with van der Waals surface area (Å²) < 4.78 is 11.1. The largest absolute Gasteiger partial charge is 0.309 e. The zero-order valence-electron chi connectivity index (χ0n) is 10.4. The lowest BCUT2D eigenvalue weighted by Gasteiger charge is -2.45. The van der Waals surface area contributed by atoms with Crippen molar-refractivity contribution in [2.75, 3.05) is 31.6 Å². The quantitative estimate of drug-likeness (QED) is 0.779. The zero-order chi connectivity index (χ0) is 11.5. The van der Waals surface area contributed by atoms with Crippen LogP contribution in [0.5, 0.6) is 0 Å². The minimum absolute atomic E-state index is 0.238. The first kappa shape index (κ1) is 13.1. The molecule has 1 heterocycles. The normalized spacial score (nSPS) is 35.3. The van der Waals surface area contributed by atoms with E-state index in [1.807, 2.05) is 0 Å². The summed E-state index contributed by atoms with van der Waals surface area (Å²) >= 11 is 0. The first-order chi connectivity index (χ1) is 6.97. The van der Waals surface area contributed by atoms with Crippen molar-refractivity contribution in [3.63, 3.8) is 0 Å². The van der Waals surface area contributed by atoms with E-state index in [9.17, 15) is 4.21 Å². The van der Waals surface area contributed by atoms with Gasteiger partial charge in [-0.05, 0) is 20.3 Å². The van der Waals surface area contributed by atoms with Crippen molar-refractivity contribution in [2.24, 2.45) is 0 Å². The number of rotatable bonds is 4. The van der Waals surface area contributed by atoms with Gasteiger partial charge >= 0.3 is 0 Å². The van der Waals surface area contributed by atoms with Crippen LogP contribution in [0.2, 0.25) is 0 Å². The van der Waals surface area contributed by atoms with Crippen LogP contribution in [0.1, 0.15) is 27.2 Å². The van der Waals surface area contributed by atoms with Gasteiger partial charge in [-0.25, -0.2) is 0 Å². The maximum atomic E-state index is 11.1. The van der Waals surface area contributed by atoms with Gasteiger partial charge in [-0.2, -0.15) is 0 Å². The van der Waals surface area contributed by atoms with E-state index in [0.29, 0.717) is 6.04 Å². The Kier molecular flexibility index (Phi) is 4.74. The van der Waals surface area contributed by atoms with Crippen LogP contribution in [0.25, 0.3) is 0 Å². The summed E-state index contributed by atoms with van der Waals surface area (Å²) in [4.78, 5) is 2.46. The molecule has 0 amide bonds. The molecule has 0 spiro atoms. The van der Waals surface area contributed by atoms with Gasteiger partial charge in [0, 0.05) is 54.0 Å². The minimum atomic E-state index is -0.671. The second-order valence-corrected chi connectivity index (χ2v) is 6.45. The molecule has 0 aromatic heterocycles. The molecule has 15 heavy (non-hydrogen) atoms. The zero-order valence-corrected chi connectivity index (χ0v) is 11.2. The van der Waals surface area contributed by atoms with Crippen LogP contribution >= 0.6 is 0 Å². The Balaban J connectivity index is 2.50. The third kappa shape index (κ3) is 3.85. The van der Waals surface area contributed by atoms with Crippen LogP contribution in [-0.4, -0.2) is 52.3 Å². The number of nitrogens with one attached hydrogen (secondary N) is 1. The van der Waals surface area contributed by atoms with E-state index in [0.717, 1.165) is 31.8 Å². The Bertz CT molecular complexity index is 235. The molecule has 1 aliphatic rings. The second-order valence-electron chi connectivity index (χ2n) is 4.89. The standard InChI is InChI=1S/C11H24N2OS/c1-5-11(3)9-13(6-7-15(4)14)10(2)8-12-11/h10,12H,5-9H2,1-4H3. The maximum absolute atomic E-state index is 11.1. The molecule has 0 aromatic rings. The molecule has 90 valence electrons. The highest BCUT2D eigenvalue weighted by molar-refractivity contribution is 7.84. The van der Waals surface area contributed by atoms with Crippen molar-refractivity contribution < 1.29 is 4.21 Å². The molecule has 4 heteroatoms. The highest BCUT2D eigenvalue weighted by Crippen LogP contribution is 2.18. The number of nitrogens with zero attached hydrogens (tertiary/aromatic N) is 1. The van der Waals surface area contributed by atoms with Crippen molar-refractivity contribution in [2.45, 2.75) is 38.8 Å². The van der Waals surface area contributed by atoms with E-state index in [1.54, 1.807) is 6.26 Å². The fourth-order valence-corrected chi connectivity index (χ4v) is 2.46. The molecule has 1 fully saturated rings. The molecular weight excluding hydrogens is 208 g/mol. The summed E-state index contributed by atoms with van der Waals surface area (Å²) in [7, 11) is -0.671. The molecule has 0 saturated carbocycles. The van der Waals surface area contributed by atoms with Crippen molar-refractivity contribution >= 4 is 10.8 Å². The molecule has 0 aromatic carbocycles. The van der Waals surface area contributed by atoms with E-state index in [2.05, 4.69) is 31.0 Å². The Morgan fingerprint density at radius 1 is 1.60 bits per heavy atom. The van der Waals surface area contributed by atoms with E-state index >= 15 is 0 Å². The summed E-state index contributed by atoms with van der Waals surface area (Å²) in [6, 6.07) is 0.563. The third-order valence-electron chi connectivity index (χ3n) is 3.45. The average Bonchev–Trinajstić information content (AvgIpc) is 2.20. The van der Waals surface area contributed by atoms with Crippen LogP contribution in [0, 0.1) is 0 Å². The van der Waals surface area contributed by atoms with E-state index < -0.39 is 10.8 Å². The summed E-state index contributed by atoms with van der Waals surface area (Å²) in [5.41, 5.74) is 0.238. The molecule has 0 radical (unpaired) electrons. The minimum Gasteiger partial charge on any atom is -0.309 e. The van der Waals surface area contributed by atoms with Gasteiger partial charge in [0.2, 0.25) is 0 Å². The molecule has 3 nitrogen and oxygen atoms in total. The van der Waals surface area contributed by atoms with Crippen LogP contribution in [0.4, 0.5) is 0 Å². The smallest absolute Gasteiger partial charge is 0.0359 e. The van der Waals surface area contributed by atoms with E-state index in [1.165, 1.54) is 0 Å². The lowest BCUT2D eigenvalue weighted by atomic mass is 9.94. The first-order valence-corrected chi connectivity index (χ1v) is 7.48. The van der Waals surface area contributed by atoms with Gasteiger partial charge in [-0.15, -0.1) is 0 Å². The topological polar surface area (TPSA) is 32.3 Å². The van der Waals surface area contributed by atoms with Crippen molar-refractivity contribution in [3.05, 3.63) is 0 Å². The highest BCUT2D eigenvalue weighted by atomic mass is 32.2. The molecule has 1 rings (SSSR count). The van der Waals surface area contributed by atoms with Crippen molar-refractivity contribution in [3.8, 4) is 0 Å². The van der Waals surface area contributed by atoms with E-state index in [-0.39, 0.29) is 5.54 Å². The average molecular weight is 232 g/mol. The maximum Gasteiger partial charge on any atom is 0.0359 e.